The second-order valence-corrected chi connectivity index (χ2v) is 4.40. The number of nitrogens with zero attached hydrogens (tertiary/aromatic N) is 2. The summed E-state index contributed by atoms with van der Waals surface area (Å²) in [5, 5.41) is 21.6. The summed E-state index contributed by atoms with van der Waals surface area (Å²) >= 11 is 0. The molecule has 0 aromatic carbocycles. The number of hydrogen-bond donors (Lipinski definition) is 2. The van der Waals surface area contributed by atoms with Crippen LogP contribution in [0.25, 0.3) is 0 Å². The van der Waals surface area contributed by atoms with Crippen molar-refractivity contribution in [2.75, 3.05) is 11.9 Å². The first-order valence-electron chi connectivity index (χ1n) is 6.09. The number of aliphatic hydroxyl groups is 1. The van der Waals surface area contributed by atoms with Crippen molar-refractivity contribution in [1.29, 1.82) is 5.26 Å². The van der Waals surface area contributed by atoms with Crippen molar-refractivity contribution in [2.24, 2.45) is 0 Å². The van der Waals surface area contributed by atoms with E-state index in [4.69, 9.17) is 5.26 Å². The molecule has 0 aliphatic heterocycles. The van der Waals surface area contributed by atoms with E-state index in [0.717, 1.165) is 25.0 Å². The normalized spacial score (nSPS) is 15.1. The molecule has 4 heteroatoms. The van der Waals surface area contributed by atoms with Crippen LogP contribution >= 0.6 is 0 Å². The first-order valence-corrected chi connectivity index (χ1v) is 6.09. The van der Waals surface area contributed by atoms with Gasteiger partial charge in [0.15, 0.2) is 0 Å². The number of nitriles is 1. The molecule has 0 amide bonds. The molecule has 90 valence electrons. The second kappa shape index (κ2) is 5.15. The number of rotatable bonds is 4. The maximum absolute atomic E-state index is 9.50. The highest BCUT2D eigenvalue weighted by molar-refractivity contribution is 5.55. The van der Waals surface area contributed by atoms with Gasteiger partial charge in [0.05, 0.1) is 11.7 Å². The Labute approximate surface area is 101 Å². The van der Waals surface area contributed by atoms with Crippen LogP contribution in [0, 0.1) is 11.3 Å². The Balaban J connectivity index is 2.18. The topological polar surface area (TPSA) is 68.9 Å². The van der Waals surface area contributed by atoms with E-state index < -0.39 is 6.10 Å². The van der Waals surface area contributed by atoms with Gasteiger partial charge in [-0.2, -0.15) is 5.26 Å². The third-order valence-corrected chi connectivity index (χ3v) is 3.15. The number of anilines is 1. The molecule has 17 heavy (non-hydrogen) atoms. The Morgan fingerprint density at radius 1 is 1.59 bits per heavy atom. The van der Waals surface area contributed by atoms with Gasteiger partial charge in [0.2, 0.25) is 0 Å². The second-order valence-electron chi connectivity index (χ2n) is 4.40. The third-order valence-electron chi connectivity index (χ3n) is 3.15. The maximum Gasteiger partial charge on any atom is 0.144 e. The molecule has 1 aliphatic rings. The summed E-state index contributed by atoms with van der Waals surface area (Å²) in [6.45, 7) is 2.37. The monoisotopic (exact) mass is 231 g/mol. The van der Waals surface area contributed by atoms with E-state index in [-0.39, 0.29) is 0 Å². The number of aryl methyl sites for hydroxylation is 2. The van der Waals surface area contributed by atoms with Crippen LogP contribution in [0.5, 0.6) is 0 Å². The molecule has 1 heterocycles. The summed E-state index contributed by atoms with van der Waals surface area (Å²) in [6, 6.07) is 4.09. The van der Waals surface area contributed by atoms with Crippen molar-refractivity contribution in [1.82, 2.24) is 4.98 Å². The van der Waals surface area contributed by atoms with Gasteiger partial charge in [-0.3, -0.25) is 0 Å². The Kier molecular flexibility index (Phi) is 3.60. The fraction of sp³-hybridized carbons (Fsp3) is 0.538. The summed E-state index contributed by atoms with van der Waals surface area (Å²) in [7, 11) is 0. The van der Waals surface area contributed by atoms with Crippen molar-refractivity contribution in [3.05, 3.63) is 22.9 Å². The quantitative estimate of drug-likeness (QED) is 0.826. The Morgan fingerprint density at radius 3 is 3.12 bits per heavy atom. The number of fused-ring (bicyclic) bond motifs is 1. The van der Waals surface area contributed by atoms with E-state index in [1.54, 1.807) is 0 Å². The molecule has 0 saturated carbocycles. The van der Waals surface area contributed by atoms with E-state index in [1.165, 1.54) is 5.56 Å². The highest BCUT2D eigenvalue weighted by atomic mass is 16.3. The van der Waals surface area contributed by atoms with Crippen molar-refractivity contribution in [2.45, 2.75) is 38.7 Å². The van der Waals surface area contributed by atoms with Crippen LogP contribution in [0.1, 0.15) is 36.6 Å². The van der Waals surface area contributed by atoms with Gasteiger partial charge in [0.25, 0.3) is 0 Å². The van der Waals surface area contributed by atoms with E-state index in [9.17, 15) is 5.11 Å². The number of hydrogen-bond acceptors (Lipinski definition) is 4. The van der Waals surface area contributed by atoms with Crippen LogP contribution < -0.4 is 5.32 Å². The van der Waals surface area contributed by atoms with Gasteiger partial charge in [-0.1, -0.05) is 6.92 Å². The maximum atomic E-state index is 9.50. The molecular weight excluding hydrogens is 214 g/mol. The summed E-state index contributed by atoms with van der Waals surface area (Å²) in [5.74, 6) is 0.612. The first-order chi connectivity index (χ1) is 8.24. The zero-order valence-electron chi connectivity index (χ0n) is 10.0. The standard InChI is InChI=1S/C13H17N3O/c1-2-11(17)8-15-13-10(7-14)6-9-4-3-5-12(9)16-13/h6,11,17H,2-5,8H2,1H3,(H,15,16). The van der Waals surface area contributed by atoms with Crippen LogP contribution in [-0.2, 0) is 12.8 Å². The molecule has 0 bridgehead atoms. The van der Waals surface area contributed by atoms with Crippen molar-refractivity contribution in [3.63, 3.8) is 0 Å². The fourth-order valence-electron chi connectivity index (χ4n) is 2.05. The summed E-state index contributed by atoms with van der Waals surface area (Å²) in [5.41, 5.74) is 2.87. The SMILES string of the molecule is CCC(O)CNc1nc2c(cc1C#N)CCC2. The van der Waals surface area contributed by atoms with Gasteiger partial charge >= 0.3 is 0 Å². The van der Waals surface area contributed by atoms with E-state index in [0.29, 0.717) is 24.3 Å². The van der Waals surface area contributed by atoms with E-state index in [1.807, 2.05) is 13.0 Å². The predicted octanol–water partition coefficient (Wildman–Crippen LogP) is 1.62. The molecule has 2 N–H and O–H groups in total. The highest BCUT2D eigenvalue weighted by Gasteiger charge is 2.16. The summed E-state index contributed by atoms with van der Waals surface area (Å²) in [6.07, 6.45) is 3.44. The van der Waals surface area contributed by atoms with Crippen LogP contribution in [-0.4, -0.2) is 22.7 Å². The molecule has 1 aliphatic carbocycles. The van der Waals surface area contributed by atoms with Crippen LogP contribution in [0.2, 0.25) is 0 Å². The van der Waals surface area contributed by atoms with Gasteiger partial charge in [-0.05, 0) is 37.3 Å². The molecule has 2 rings (SSSR count). The van der Waals surface area contributed by atoms with Gasteiger partial charge in [-0.15, -0.1) is 0 Å². The summed E-state index contributed by atoms with van der Waals surface area (Å²) in [4.78, 5) is 4.49. The summed E-state index contributed by atoms with van der Waals surface area (Å²) < 4.78 is 0. The lowest BCUT2D eigenvalue weighted by atomic mass is 10.1. The van der Waals surface area contributed by atoms with Gasteiger partial charge in [0, 0.05) is 12.2 Å². The number of aromatic nitrogens is 1. The lowest BCUT2D eigenvalue weighted by Gasteiger charge is -2.12. The molecule has 1 aromatic heterocycles. The zero-order chi connectivity index (χ0) is 12.3. The zero-order valence-corrected chi connectivity index (χ0v) is 10.0. The minimum absolute atomic E-state index is 0.392. The van der Waals surface area contributed by atoms with Crippen molar-refractivity contribution < 1.29 is 5.11 Å². The number of nitrogens with one attached hydrogen (secondary N) is 1. The van der Waals surface area contributed by atoms with Crippen LogP contribution in [0.3, 0.4) is 0 Å². The van der Waals surface area contributed by atoms with Crippen molar-refractivity contribution >= 4 is 5.82 Å². The highest BCUT2D eigenvalue weighted by Crippen LogP contribution is 2.24. The Morgan fingerprint density at radius 2 is 2.41 bits per heavy atom. The largest absolute Gasteiger partial charge is 0.391 e. The molecule has 0 radical (unpaired) electrons. The minimum Gasteiger partial charge on any atom is -0.391 e. The number of aliphatic hydroxyl groups excluding tert-OH is 1. The minimum atomic E-state index is -0.392. The predicted molar refractivity (Wildman–Crippen MR) is 65.8 cm³/mol. The molecule has 4 nitrogen and oxygen atoms in total. The average Bonchev–Trinajstić information content (AvgIpc) is 2.81. The Hall–Kier alpha value is -1.60. The smallest absolute Gasteiger partial charge is 0.144 e. The lowest BCUT2D eigenvalue weighted by Crippen LogP contribution is -2.19. The van der Waals surface area contributed by atoms with Gasteiger partial charge in [0.1, 0.15) is 11.9 Å². The first kappa shape index (κ1) is 11.9. The molecule has 1 atom stereocenters. The van der Waals surface area contributed by atoms with E-state index in [2.05, 4.69) is 16.4 Å². The average molecular weight is 231 g/mol. The van der Waals surface area contributed by atoms with Crippen LogP contribution in [0.15, 0.2) is 6.07 Å². The molecule has 1 aromatic rings. The fourth-order valence-corrected chi connectivity index (χ4v) is 2.05. The third kappa shape index (κ3) is 2.56. The van der Waals surface area contributed by atoms with Crippen LogP contribution in [0.4, 0.5) is 5.82 Å². The van der Waals surface area contributed by atoms with Gasteiger partial charge < -0.3 is 10.4 Å². The molecule has 0 fully saturated rings. The van der Waals surface area contributed by atoms with Crippen molar-refractivity contribution in [3.8, 4) is 6.07 Å². The molecule has 1 unspecified atom stereocenters. The lowest BCUT2D eigenvalue weighted by molar-refractivity contribution is 0.183. The number of pyridine rings is 1. The molecule has 0 spiro atoms. The molecular formula is C13H17N3O. The Bertz CT molecular complexity index is 451. The molecule has 0 saturated heterocycles. The van der Waals surface area contributed by atoms with E-state index >= 15 is 0 Å². The van der Waals surface area contributed by atoms with Gasteiger partial charge in [-0.25, -0.2) is 4.98 Å².